The molecule has 1 atom stereocenters. The van der Waals surface area contributed by atoms with Crippen LogP contribution in [0.15, 0.2) is 30.3 Å². The van der Waals surface area contributed by atoms with E-state index in [1.54, 1.807) is 0 Å². The molecule has 1 aromatic heterocycles. The molecule has 0 spiro atoms. The molecule has 15 heavy (non-hydrogen) atoms. The lowest BCUT2D eigenvalue weighted by Crippen LogP contribution is -2.28. The van der Waals surface area contributed by atoms with Crippen molar-refractivity contribution in [2.75, 3.05) is 0 Å². The summed E-state index contributed by atoms with van der Waals surface area (Å²) in [5.41, 5.74) is 2.95. The van der Waals surface area contributed by atoms with Crippen LogP contribution in [0.5, 0.6) is 0 Å². The van der Waals surface area contributed by atoms with Crippen LogP contribution in [0.3, 0.4) is 0 Å². The Morgan fingerprint density at radius 2 is 2.13 bits per heavy atom. The summed E-state index contributed by atoms with van der Waals surface area (Å²) in [6.07, 6.45) is 2.62. The molecule has 3 heteroatoms. The number of fused-ring (bicyclic) bond motifs is 1. The van der Waals surface area contributed by atoms with Gasteiger partial charge in [0.1, 0.15) is 0 Å². The van der Waals surface area contributed by atoms with Crippen molar-refractivity contribution in [3.63, 3.8) is 0 Å². The molecule has 0 saturated heterocycles. The fourth-order valence-electron chi connectivity index (χ4n) is 2.04. The molecule has 0 radical (unpaired) electrons. The van der Waals surface area contributed by atoms with Crippen LogP contribution in [0.4, 0.5) is 0 Å². The first kappa shape index (κ1) is 9.33. The van der Waals surface area contributed by atoms with E-state index in [0.717, 1.165) is 5.92 Å². The number of hydrogen-bond acceptors (Lipinski definition) is 3. The zero-order valence-electron chi connectivity index (χ0n) is 8.44. The van der Waals surface area contributed by atoms with Crippen molar-refractivity contribution >= 4 is 21.4 Å². The van der Waals surface area contributed by atoms with Gasteiger partial charge in [0, 0.05) is 9.58 Å². The normalized spacial score (nSPS) is 18.2. The van der Waals surface area contributed by atoms with E-state index >= 15 is 0 Å². The van der Waals surface area contributed by atoms with E-state index in [4.69, 9.17) is 5.84 Å². The van der Waals surface area contributed by atoms with Crippen LogP contribution in [0.1, 0.15) is 23.8 Å². The predicted octanol–water partition coefficient (Wildman–Crippen LogP) is 2.82. The SMILES string of the molecule is NNC(c1cc2ccccc2s1)C1CC1. The molecule has 1 aliphatic rings. The summed E-state index contributed by atoms with van der Waals surface area (Å²) in [5, 5.41) is 1.33. The van der Waals surface area contributed by atoms with E-state index in [1.165, 1.54) is 27.8 Å². The van der Waals surface area contributed by atoms with E-state index < -0.39 is 0 Å². The van der Waals surface area contributed by atoms with Crippen molar-refractivity contribution in [3.05, 3.63) is 35.2 Å². The fourth-order valence-corrected chi connectivity index (χ4v) is 3.25. The van der Waals surface area contributed by atoms with Gasteiger partial charge in [-0.2, -0.15) is 0 Å². The molecule has 1 heterocycles. The van der Waals surface area contributed by atoms with Crippen LogP contribution in [-0.4, -0.2) is 0 Å². The Hall–Kier alpha value is -0.900. The third-order valence-electron chi connectivity index (χ3n) is 3.02. The summed E-state index contributed by atoms with van der Waals surface area (Å²) < 4.78 is 1.36. The Labute approximate surface area is 93.1 Å². The number of nitrogens with one attached hydrogen (secondary N) is 1. The van der Waals surface area contributed by atoms with Gasteiger partial charge in [-0.25, -0.2) is 0 Å². The van der Waals surface area contributed by atoms with Crippen LogP contribution in [0.2, 0.25) is 0 Å². The van der Waals surface area contributed by atoms with Gasteiger partial charge in [0.2, 0.25) is 0 Å². The number of hydrazine groups is 1. The second-order valence-electron chi connectivity index (χ2n) is 4.17. The van der Waals surface area contributed by atoms with Crippen LogP contribution in [0.25, 0.3) is 10.1 Å². The molecule has 1 unspecified atom stereocenters. The monoisotopic (exact) mass is 218 g/mol. The Bertz CT molecular complexity index is 440. The molecular weight excluding hydrogens is 204 g/mol. The molecule has 3 N–H and O–H groups in total. The highest BCUT2D eigenvalue weighted by atomic mass is 32.1. The topological polar surface area (TPSA) is 38.0 Å². The predicted molar refractivity (Wildman–Crippen MR) is 64.6 cm³/mol. The van der Waals surface area contributed by atoms with E-state index in [9.17, 15) is 0 Å². The molecule has 78 valence electrons. The maximum absolute atomic E-state index is 5.62. The molecular formula is C12H14N2S. The summed E-state index contributed by atoms with van der Waals surface area (Å²) in [7, 11) is 0. The van der Waals surface area contributed by atoms with Gasteiger partial charge < -0.3 is 0 Å². The third-order valence-corrected chi connectivity index (χ3v) is 4.22. The average Bonchev–Trinajstić information content (AvgIpc) is 2.99. The Morgan fingerprint density at radius 1 is 1.33 bits per heavy atom. The quantitative estimate of drug-likeness (QED) is 0.614. The molecule has 0 bridgehead atoms. The Balaban J connectivity index is 2.02. The number of hydrogen-bond donors (Lipinski definition) is 2. The molecule has 3 rings (SSSR count). The van der Waals surface area contributed by atoms with Crippen LogP contribution in [0, 0.1) is 5.92 Å². The van der Waals surface area contributed by atoms with Gasteiger partial charge in [-0.05, 0) is 36.3 Å². The lowest BCUT2D eigenvalue weighted by atomic mass is 10.1. The van der Waals surface area contributed by atoms with Crippen LogP contribution >= 0.6 is 11.3 Å². The number of nitrogens with two attached hydrogens (primary N) is 1. The molecule has 1 saturated carbocycles. The summed E-state index contributed by atoms with van der Waals surface area (Å²) in [5.74, 6) is 6.38. The van der Waals surface area contributed by atoms with Crippen molar-refractivity contribution in [2.45, 2.75) is 18.9 Å². The number of benzene rings is 1. The summed E-state index contributed by atoms with van der Waals surface area (Å²) in [6, 6.07) is 11.1. The molecule has 2 aromatic rings. The third kappa shape index (κ3) is 1.67. The molecule has 1 aliphatic carbocycles. The highest BCUT2D eigenvalue weighted by Gasteiger charge is 2.32. The van der Waals surface area contributed by atoms with Crippen molar-refractivity contribution in [3.8, 4) is 0 Å². The molecule has 1 fully saturated rings. The standard InChI is InChI=1S/C12H14N2S/c13-14-12(8-5-6-8)11-7-9-3-1-2-4-10(9)15-11/h1-4,7-8,12,14H,5-6,13H2. The first-order valence-electron chi connectivity index (χ1n) is 5.33. The zero-order valence-corrected chi connectivity index (χ0v) is 9.26. The van der Waals surface area contributed by atoms with Crippen LogP contribution < -0.4 is 11.3 Å². The lowest BCUT2D eigenvalue weighted by Gasteiger charge is -2.11. The largest absolute Gasteiger partial charge is 0.271 e. The van der Waals surface area contributed by atoms with Gasteiger partial charge in [0.15, 0.2) is 0 Å². The fraction of sp³-hybridized carbons (Fsp3) is 0.333. The smallest absolute Gasteiger partial charge is 0.0581 e. The summed E-state index contributed by atoms with van der Waals surface area (Å²) >= 11 is 1.86. The second kappa shape index (κ2) is 3.59. The van der Waals surface area contributed by atoms with Crippen molar-refractivity contribution < 1.29 is 0 Å². The second-order valence-corrected chi connectivity index (χ2v) is 5.28. The van der Waals surface area contributed by atoms with Crippen molar-refractivity contribution in [2.24, 2.45) is 11.8 Å². The highest BCUT2D eigenvalue weighted by molar-refractivity contribution is 7.19. The minimum Gasteiger partial charge on any atom is -0.271 e. The number of thiophene rings is 1. The zero-order chi connectivity index (χ0) is 10.3. The van der Waals surface area contributed by atoms with Crippen molar-refractivity contribution in [1.29, 1.82) is 0 Å². The van der Waals surface area contributed by atoms with E-state index in [2.05, 4.69) is 35.8 Å². The maximum Gasteiger partial charge on any atom is 0.0581 e. The van der Waals surface area contributed by atoms with Gasteiger partial charge in [-0.1, -0.05) is 18.2 Å². The summed E-state index contributed by atoms with van der Waals surface area (Å²) in [4.78, 5) is 1.38. The Kier molecular flexibility index (Phi) is 2.24. The summed E-state index contributed by atoms with van der Waals surface area (Å²) in [6.45, 7) is 0. The maximum atomic E-state index is 5.62. The van der Waals surface area contributed by atoms with Gasteiger partial charge in [0.05, 0.1) is 6.04 Å². The molecule has 1 aromatic carbocycles. The number of rotatable bonds is 3. The van der Waals surface area contributed by atoms with Crippen molar-refractivity contribution in [1.82, 2.24) is 5.43 Å². The van der Waals surface area contributed by atoms with Crippen LogP contribution in [-0.2, 0) is 0 Å². The van der Waals surface area contributed by atoms with E-state index in [-0.39, 0.29) is 0 Å². The molecule has 0 amide bonds. The highest BCUT2D eigenvalue weighted by Crippen LogP contribution is 2.43. The van der Waals surface area contributed by atoms with E-state index in [1.807, 2.05) is 11.3 Å². The van der Waals surface area contributed by atoms with Gasteiger partial charge in [-0.15, -0.1) is 11.3 Å². The first-order valence-corrected chi connectivity index (χ1v) is 6.15. The lowest BCUT2D eigenvalue weighted by molar-refractivity contribution is 0.505. The van der Waals surface area contributed by atoms with Gasteiger partial charge in [0.25, 0.3) is 0 Å². The van der Waals surface area contributed by atoms with Gasteiger partial charge in [-0.3, -0.25) is 11.3 Å². The van der Waals surface area contributed by atoms with E-state index in [0.29, 0.717) is 6.04 Å². The minimum absolute atomic E-state index is 0.363. The van der Waals surface area contributed by atoms with Gasteiger partial charge >= 0.3 is 0 Å². The average molecular weight is 218 g/mol. The Morgan fingerprint density at radius 3 is 2.80 bits per heavy atom. The molecule has 2 nitrogen and oxygen atoms in total. The minimum atomic E-state index is 0.363. The molecule has 0 aliphatic heterocycles. The first-order chi connectivity index (χ1) is 7.38.